The maximum atomic E-state index is 10.7. The Morgan fingerprint density at radius 2 is 1.81 bits per heavy atom. The number of non-ortho nitro benzene ring substituents is 1. The maximum absolute atomic E-state index is 10.7. The third kappa shape index (κ3) is 3.10. The molecule has 6 heteroatoms. The fourth-order valence-electron chi connectivity index (χ4n) is 2.96. The van der Waals surface area contributed by atoms with Gasteiger partial charge in [-0.1, -0.05) is 6.08 Å². The predicted octanol–water partition coefficient (Wildman–Crippen LogP) is 4.47. The largest absolute Gasteiger partial charge is 0.507 e. The van der Waals surface area contributed by atoms with Gasteiger partial charge in [-0.25, -0.2) is 0 Å². The van der Waals surface area contributed by atoms with Crippen molar-refractivity contribution in [3.63, 3.8) is 0 Å². The van der Waals surface area contributed by atoms with Crippen molar-refractivity contribution >= 4 is 11.8 Å². The van der Waals surface area contributed by atoms with Crippen molar-refractivity contribution in [3.8, 4) is 17.2 Å². The number of nitrogens with zero attached hydrogens (tertiary/aromatic N) is 1. The monoisotopic (exact) mass is 355 g/mol. The van der Waals surface area contributed by atoms with E-state index in [4.69, 9.17) is 9.47 Å². The van der Waals surface area contributed by atoms with Crippen molar-refractivity contribution in [1.29, 1.82) is 0 Å². The molecule has 6 nitrogen and oxygen atoms in total. The topological polar surface area (TPSA) is 81.8 Å². The lowest BCUT2D eigenvalue weighted by Gasteiger charge is -2.33. The van der Waals surface area contributed by atoms with Crippen LogP contribution in [-0.4, -0.2) is 22.2 Å². The molecular weight excluding hydrogens is 334 g/mol. The molecule has 0 saturated heterocycles. The number of rotatable bonds is 4. The van der Waals surface area contributed by atoms with E-state index in [1.54, 1.807) is 12.1 Å². The molecule has 2 aromatic carbocycles. The zero-order chi connectivity index (χ0) is 19.1. The van der Waals surface area contributed by atoms with Gasteiger partial charge in [0.25, 0.3) is 5.69 Å². The first-order valence-electron chi connectivity index (χ1n) is 8.30. The number of hydrogen-bond donors (Lipinski definition) is 1. The Kier molecular flexibility index (Phi) is 4.36. The van der Waals surface area contributed by atoms with E-state index in [2.05, 4.69) is 0 Å². The Hall–Kier alpha value is -3.02. The molecule has 1 aliphatic heterocycles. The van der Waals surface area contributed by atoms with Crippen LogP contribution in [0.1, 0.15) is 29.2 Å². The number of phenolic OH excluding ortho intramolecular Hbond substituents is 1. The number of phenols is 1. The summed E-state index contributed by atoms with van der Waals surface area (Å²) in [4.78, 5) is 10.3. The Morgan fingerprint density at radius 1 is 1.15 bits per heavy atom. The summed E-state index contributed by atoms with van der Waals surface area (Å²) in [6, 6.07) is 5.95. The molecule has 26 heavy (non-hydrogen) atoms. The van der Waals surface area contributed by atoms with Crippen LogP contribution in [0.3, 0.4) is 0 Å². The highest BCUT2D eigenvalue weighted by atomic mass is 16.6. The quantitative estimate of drug-likeness (QED) is 0.646. The summed E-state index contributed by atoms with van der Waals surface area (Å²) in [5.74, 6) is 1.57. The lowest BCUT2D eigenvalue weighted by atomic mass is 9.92. The molecule has 1 unspecified atom stereocenters. The average molecular weight is 355 g/mol. The van der Waals surface area contributed by atoms with E-state index in [9.17, 15) is 15.2 Å². The minimum absolute atomic E-state index is 0.0210. The summed E-state index contributed by atoms with van der Waals surface area (Å²) in [7, 11) is 0. The number of ether oxygens (including phenoxy) is 2. The summed E-state index contributed by atoms with van der Waals surface area (Å²) in [5, 5.41) is 20.9. The highest BCUT2D eigenvalue weighted by Gasteiger charge is 2.31. The van der Waals surface area contributed by atoms with Gasteiger partial charge in [0.2, 0.25) is 0 Å². The minimum Gasteiger partial charge on any atom is -0.507 e. The number of aromatic hydroxyl groups is 1. The van der Waals surface area contributed by atoms with Crippen LogP contribution in [0.25, 0.3) is 6.08 Å². The Balaban J connectivity index is 1.80. The third-order valence-electron chi connectivity index (χ3n) is 4.77. The first-order chi connectivity index (χ1) is 12.2. The first-order valence-corrected chi connectivity index (χ1v) is 8.30. The van der Waals surface area contributed by atoms with Gasteiger partial charge < -0.3 is 14.6 Å². The van der Waals surface area contributed by atoms with Gasteiger partial charge in [-0.2, -0.15) is 0 Å². The number of nitro groups is 1. The van der Waals surface area contributed by atoms with E-state index >= 15 is 0 Å². The van der Waals surface area contributed by atoms with E-state index in [0.717, 1.165) is 28.0 Å². The summed E-state index contributed by atoms with van der Waals surface area (Å²) in [5.41, 5.74) is 2.70. The van der Waals surface area contributed by atoms with Gasteiger partial charge in [-0.05, 0) is 57.0 Å². The van der Waals surface area contributed by atoms with E-state index in [1.165, 1.54) is 12.1 Å². The Bertz CT molecular complexity index is 902. The molecule has 2 aromatic rings. The van der Waals surface area contributed by atoms with Crippen molar-refractivity contribution in [2.75, 3.05) is 6.61 Å². The van der Waals surface area contributed by atoms with E-state index in [1.807, 2.05) is 39.8 Å². The van der Waals surface area contributed by atoms with Crippen LogP contribution in [0.5, 0.6) is 17.2 Å². The molecule has 3 rings (SSSR count). The summed E-state index contributed by atoms with van der Waals surface area (Å²) in [6.07, 6.45) is 3.85. The normalized spacial score (nSPS) is 18.2. The number of hydrogen-bond acceptors (Lipinski definition) is 5. The lowest BCUT2D eigenvalue weighted by molar-refractivity contribution is -0.384. The van der Waals surface area contributed by atoms with Crippen LogP contribution in [-0.2, 0) is 0 Å². The Morgan fingerprint density at radius 3 is 2.42 bits per heavy atom. The van der Waals surface area contributed by atoms with Crippen LogP contribution in [0.2, 0.25) is 0 Å². The van der Waals surface area contributed by atoms with E-state index in [0.29, 0.717) is 11.5 Å². The van der Waals surface area contributed by atoms with Gasteiger partial charge in [-0.3, -0.25) is 10.1 Å². The number of fused-ring (bicyclic) bond motifs is 1. The fraction of sp³-hybridized carbons (Fsp3) is 0.300. The van der Waals surface area contributed by atoms with Crippen LogP contribution in [0, 0.1) is 30.9 Å². The predicted molar refractivity (Wildman–Crippen MR) is 99.0 cm³/mol. The highest BCUT2D eigenvalue weighted by molar-refractivity contribution is 5.71. The molecule has 0 fully saturated rings. The zero-order valence-electron chi connectivity index (χ0n) is 15.2. The maximum Gasteiger partial charge on any atom is 0.269 e. The average Bonchev–Trinajstić information content (AvgIpc) is 2.63. The second kappa shape index (κ2) is 6.37. The second-order valence-corrected chi connectivity index (χ2v) is 6.75. The van der Waals surface area contributed by atoms with Gasteiger partial charge in [0.15, 0.2) is 5.60 Å². The third-order valence-corrected chi connectivity index (χ3v) is 4.77. The van der Waals surface area contributed by atoms with Crippen molar-refractivity contribution in [2.45, 2.75) is 33.3 Å². The first kappa shape index (κ1) is 17.8. The van der Waals surface area contributed by atoms with Crippen molar-refractivity contribution in [2.24, 2.45) is 0 Å². The smallest absolute Gasteiger partial charge is 0.269 e. The van der Waals surface area contributed by atoms with Crippen LogP contribution in [0.15, 0.2) is 30.3 Å². The molecule has 1 aliphatic rings. The number of nitro benzene ring substituents is 1. The van der Waals surface area contributed by atoms with Gasteiger partial charge in [0.05, 0.1) is 4.92 Å². The fourth-order valence-corrected chi connectivity index (χ4v) is 2.96. The molecule has 1 heterocycles. The Labute approximate surface area is 151 Å². The molecule has 1 atom stereocenters. The lowest BCUT2D eigenvalue weighted by Crippen LogP contribution is -2.39. The van der Waals surface area contributed by atoms with E-state index in [-0.39, 0.29) is 12.3 Å². The minimum atomic E-state index is -0.685. The van der Waals surface area contributed by atoms with Crippen LogP contribution in [0.4, 0.5) is 5.69 Å². The van der Waals surface area contributed by atoms with Gasteiger partial charge in [0, 0.05) is 23.3 Å². The molecule has 1 N–H and O–H groups in total. The molecule has 0 aliphatic carbocycles. The van der Waals surface area contributed by atoms with Gasteiger partial charge in [-0.15, -0.1) is 0 Å². The highest BCUT2D eigenvalue weighted by Crippen LogP contribution is 2.42. The standard InChI is InChI=1S/C20H21NO5/c1-12-13(2)19-17(14(3)18(12)22)9-10-20(4,26-19)11-25-16-7-5-15(6-8-16)21(23)24/h5-10,22H,11H2,1-4H3. The van der Waals surface area contributed by atoms with Crippen molar-refractivity contribution in [1.82, 2.24) is 0 Å². The molecule has 0 bridgehead atoms. The molecule has 0 radical (unpaired) electrons. The molecule has 0 spiro atoms. The second-order valence-electron chi connectivity index (χ2n) is 6.75. The van der Waals surface area contributed by atoms with Crippen LogP contribution < -0.4 is 9.47 Å². The SMILES string of the molecule is Cc1c(C)c2c(c(C)c1O)C=CC(C)(COc1ccc([N+](=O)[O-])cc1)O2. The van der Waals surface area contributed by atoms with Crippen LogP contribution >= 0.6 is 0 Å². The van der Waals surface area contributed by atoms with Crippen molar-refractivity contribution in [3.05, 3.63) is 62.7 Å². The summed E-state index contributed by atoms with van der Waals surface area (Å²) < 4.78 is 12.0. The zero-order valence-corrected chi connectivity index (χ0v) is 15.2. The molecule has 0 amide bonds. The molecular formula is C20H21NO5. The van der Waals surface area contributed by atoms with E-state index < -0.39 is 10.5 Å². The summed E-state index contributed by atoms with van der Waals surface area (Å²) >= 11 is 0. The molecule has 0 aromatic heterocycles. The van der Waals surface area contributed by atoms with Gasteiger partial charge in [0.1, 0.15) is 23.9 Å². The van der Waals surface area contributed by atoms with Gasteiger partial charge >= 0.3 is 0 Å². The summed E-state index contributed by atoms with van der Waals surface area (Å²) in [6.45, 7) is 7.81. The molecule has 136 valence electrons. The van der Waals surface area contributed by atoms with Crippen molar-refractivity contribution < 1.29 is 19.5 Å². The number of benzene rings is 2. The molecule has 0 saturated carbocycles.